The van der Waals surface area contributed by atoms with Crippen molar-refractivity contribution in [3.8, 4) is 11.1 Å². The van der Waals surface area contributed by atoms with Gasteiger partial charge < -0.3 is 0 Å². The van der Waals surface area contributed by atoms with Crippen LogP contribution in [0.1, 0.15) is 101 Å². The van der Waals surface area contributed by atoms with E-state index in [4.69, 9.17) is 0 Å². The smallest absolute Gasteiger partial charge is 0.0894 e. The van der Waals surface area contributed by atoms with E-state index in [1.165, 1.54) is 80.9 Å². The molecule has 0 atom stereocenters. The number of halogens is 1. The SMILES string of the molecule is CCCC1CCC(C2CCC(c3ccc(-c4ccc(CCCCF)cc4)cc3)CC2)CC1. The third-order valence-corrected chi connectivity index (χ3v) is 8.55. The third-order valence-electron chi connectivity index (χ3n) is 8.55. The summed E-state index contributed by atoms with van der Waals surface area (Å²) < 4.78 is 12.3. The summed E-state index contributed by atoms with van der Waals surface area (Å²) in [6, 6.07) is 18.2. The Bertz CT molecular complexity index is 774. The molecule has 2 fully saturated rings. The van der Waals surface area contributed by atoms with E-state index in [9.17, 15) is 4.39 Å². The maximum Gasteiger partial charge on any atom is 0.0894 e. The van der Waals surface area contributed by atoms with E-state index in [-0.39, 0.29) is 6.67 Å². The van der Waals surface area contributed by atoms with Crippen LogP contribution in [0, 0.1) is 17.8 Å². The highest BCUT2D eigenvalue weighted by Crippen LogP contribution is 2.44. The lowest BCUT2D eigenvalue weighted by molar-refractivity contribution is 0.156. The van der Waals surface area contributed by atoms with E-state index >= 15 is 0 Å². The van der Waals surface area contributed by atoms with Gasteiger partial charge in [-0.25, -0.2) is 0 Å². The van der Waals surface area contributed by atoms with Crippen LogP contribution in [0.15, 0.2) is 48.5 Å². The number of alkyl halides is 1. The minimum Gasteiger partial charge on any atom is -0.251 e. The predicted molar refractivity (Wildman–Crippen MR) is 136 cm³/mol. The molecule has 2 aliphatic rings. The molecule has 2 aromatic carbocycles. The molecule has 0 N–H and O–H groups in total. The highest BCUT2D eigenvalue weighted by atomic mass is 19.1. The van der Waals surface area contributed by atoms with Crippen molar-refractivity contribution in [1.29, 1.82) is 0 Å². The summed E-state index contributed by atoms with van der Waals surface area (Å²) in [7, 11) is 0. The first-order chi connectivity index (χ1) is 15.8. The van der Waals surface area contributed by atoms with E-state index < -0.39 is 0 Å². The van der Waals surface area contributed by atoms with Gasteiger partial charge in [0, 0.05) is 0 Å². The molecule has 0 aliphatic heterocycles. The molecule has 174 valence electrons. The zero-order valence-electron chi connectivity index (χ0n) is 20.2. The largest absolute Gasteiger partial charge is 0.251 e. The first-order valence-electron chi connectivity index (χ1n) is 13.5. The fourth-order valence-corrected chi connectivity index (χ4v) is 6.52. The van der Waals surface area contributed by atoms with E-state index in [2.05, 4.69) is 55.5 Å². The fraction of sp³-hybridized carbons (Fsp3) is 0.613. The molecule has 2 aromatic rings. The molecule has 0 unspecified atom stereocenters. The van der Waals surface area contributed by atoms with Gasteiger partial charge in [0.25, 0.3) is 0 Å². The lowest BCUT2D eigenvalue weighted by Crippen LogP contribution is -2.25. The summed E-state index contributed by atoms with van der Waals surface area (Å²) in [6.45, 7) is 2.14. The van der Waals surface area contributed by atoms with Crippen LogP contribution in [-0.2, 0) is 6.42 Å². The second-order valence-corrected chi connectivity index (χ2v) is 10.6. The maximum absolute atomic E-state index is 12.3. The molecule has 0 nitrogen and oxygen atoms in total. The van der Waals surface area contributed by atoms with Crippen LogP contribution >= 0.6 is 0 Å². The number of aryl methyl sites for hydroxylation is 1. The van der Waals surface area contributed by atoms with Gasteiger partial charge in [0.1, 0.15) is 0 Å². The number of benzene rings is 2. The number of rotatable bonds is 9. The Morgan fingerprint density at radius 2 is 1.25 bits per heavy atom. The Hall–Kier alpha value is -1.63. The lowest BCUT2D eigenvalue weighted by atomic mass is 9.68. The monoisotopic (exact) mass is 434 g/mol. The summed E-state index contributed by atoms with van der Waals surface area (Å²) >= 11 is 0. The molecule has 32 heavy (non-hydrogen) atoms. The molecular formula is C31H43F. The fourth-order valence-electron chi connectivity index (χ4n) is 6.52. The lowest BCUT2D eigenvalue weighted by Gasteiger charge is -2.38. The summed E-state index contributed by atoms with van der Waals surface area (Å²) in [5.41, 5.74) is 5.45. The highest BCUT2D eigenvalue weighted by Gasteiger charge is 2.31. The van der Waals surface area contributed by atoms with Gasteiger partial charge in [-0.15, -0.1) is 0 Å². The zero-order valence-corrected chi connectivity index (χ0v) is 20.2. The van der Waals surface area contributed by atoms with Gasteiger partial charge in [-0.1, -0.05) is 81.1 Å². The summed E-state index contributed by atoms with van der Waals surface area (Å²) in [5.74, 6) is 3.81. The molecule has 0 saturated heterocycles. The molecule has 2 saturated carbocycles. The second kappa shape index (κ2) is 12.0. The quantitative estimate of drug-likeness (QED) is 0.345. The van der Waals surface area contributed by atoms with Gasteiger partial charge in [-0.3, -0.25) is 4.39 Å². The first kappa shape index (κ1) is 23.5. The minimum atomic E-state index is -0.202. The van der Waals surface area contributed by atoms with Crippen LogP contribution in [-0.4, -0.2) is 6.67 Å². The average molecular weight is 435 g/mol. The highest BCUT2D eigenvalue weighted by molar-refractivity contribution is 5.64. The van der Waals surface area contributed by atoms with Crippen LogP contribution in [0.25, 0.3) is 11.1 Å². The van der Waals surface area contributed by atoms with E-state index in [1.54, 1.807) is 5.56 Å². The Kier molecular flexibility index (Phi) is 8.83. The third kappa shape index (κ3) is 6.24. The van der Waals surface area contributed by atoms with Crippen LogP contribution in [0.5, 0.6) is 0 Å². The molecule has 0 radical (unpaired) electrons. The second-order valence-electron chi connectivity index (χ2n) is 10.6. The van der Waals surface area contributed by atoms with Gasteiger partial charge in [-0.2, -0.15) is 0 Å². The van der Waals surface area contributed by atoms with Gasteiger partial charge in [-0.05, 0) is 104 Å². The summed E-state index contributed by atoms with van der Waals surface area (Å²) in [4.78, 5) is 0. The Labute approximate surface area is 196 Å². The van der Waals surface area contributed by atoms with Gasteiger partial charge in [0.05, 0.1) is 6.67 Å². The van der Waals surface area contributed by atoms with Crippen LogP contribution in [0.3, 0.4) is 0 Å². The van der Waals surface area contributed by atoms with Crippen molar-refractivity contribution in [2.45, 2.75) is 96.3 Å². The van der Waals surface area contributed by atoms with Crippen molar-refractivity contribution in [3.63, 3.8) is 0 Å². The number of hydrogen-bond donors (Lipinski definition) is 0. The molecule has 4 rings (SSSR count). The average Bonchev–Trinajstić information content (AvgIpc) is 2.86. The Balaban J connectivity index is 1.26. The van der Waals surface area contributed by atoms with Crippen molar-refractivity contribution in [2.24, 2.45) is 17.8 Å². The van der Waals surface area contributed by atoms with Crippen molar-refractivity contribution < 1.29 is 4.39 Å². The Morgan fingerprint density at radius 1 is 0.688 bits per heavy atom. The summed E-state index contributed by atoms with van der Waals surface area (Å²) in [6.07, 6.45) is 17.1. The van der Waals surface area contributed by atoms with E-state index in [1.807, 2.05) is 0 Å². The van der Waals surface area contributed by atoms with Crippen LogP contribution in [0.2, 0.25) is 0 Å². The molecule has 2 aliphatic carbocycles. The van der Waals surface area contributed by atoms with Crippen molar-refractivity contribution in [1.82, 2.24) is 0 Å². The minimum absolute atomic E-state index is 0.202. The van der Waals surface area contributed by atoms with Crippen molar-refractivity contribution in [3.05, 3.63) is 59.7 Å². The van der Waals surface area contributed by atoms with E-state index in [0.717, 1.165) is 36.5 Å². The van der Waals surface area contributed by atoms with Gasteiger partial charge in [0.2, 0.25) is 0 Å². The Morgan fingerprint density at radius 3 is 1.81 bits per heavy atom. The zero-order chi connectivity index (χ0) is 22.2. The molecule has 0 heterocycles. The molecule has 0 spiro atoms. The standard InChI is InChI=1S/C31H43F/c1-2-5-24-7-11-26(12-8-24)28-15-19-30(20-16-28)31-21-17-29(18-22-31)27-13-9-25(10-14-27)6-3-4-23-32/h9-10,13-14,17-18,21-22,24,26,28,30H,2-8,11-12,15-16,19-20,23H2,1H3. The van der Waals surface area contributed by atoms with Crippen LogP contribution in [0.4, 0.5) is 4.39 Å². The van der Waals surface area contributed by atoms with Crippen molar-refractivity contribution in [2.75, 3.05) is 6.67 Å². The summed E-state index contributed by atoms with van der Waals surface area (Å²) in [5, 5.41) is 0. The molecule has 1 heteroatoms. The predicted octanol–water partition coefficient (Wildman–Crippen LogP) is 9.53. The molecule has 0 bridgehead atoms. The normalized spacial score (nSPS) is 26.2. The first-order valence-corrected chi connectivity index (χ1v) is 13.5. The van der Waals surface area contributed by atoms with Gasteiger partial charge in [0.15, 0.2) is 0 Å². The van der Waals surface area contributed by atoms with E-state index in [0.29, 0.717) is 6.42 Å². The molecule has 0 aromatic heterocycles. The molecule has 0 amide bonds. The topological polar surface area (TPSA) is 0 Å². The van der Waals surface area contributed by atoms with Crippen LogP contribution < -0.4 is 0 Å². The van der Waals surface area contributed by atoms with Crippen molar-refractivity contribution >= 4 is 0 Å². The van der Waals surface area contributed by atoms with Gasteiger partial charge >= 0.3 is 0 Å². The number of hydrogen-bond acceptors (Lipinski definition) is 0. The number of unbranched alkanes of at least 4 members (excludes halogenated alkanes) is 1. The molecular weight excluding hydrogens is 391 g/mol. The maximum atomic E-state index is 12.3.